The third-order valence-electron chi connectivity index (χ3n) is 4.22. The molecule has 8 heteroatoms. The summed E-state index contributed by atoms with van der Waals surface area (Å²) in [6, 6.07) is 12.9. The van der Waals surface area contributed by atoms with Gasteiger partial charge in [-0.1, -0.05) is 27.2 Å². The quantitative estimate of drug-likeness (QED) is 0.374. The summed E-state index contributed by atoms with van der Waals surface area (Å²) in [4.78, 5) is 0. The number of hydrogen-bond donors (Lipinski definition) is 4. The van der Waals surface area contributed by atoms with Crippen LogP contribution >= 0.6 is 15.9 Å². The molecule has 0 aliphatic heterocycles. The molecule has 0 aliphatic carbocycles. The minimum Gasteiger partial charge on any atom is -0.394 e. The molecule has 2 aromatic rings. The first-order valence-corrected chi connectivity index (χ1v) is 9.28. The molecule has 0 radical (unpaired) electrons. The van der Waals surface area contributed by atoms with E-state index in [1.807, 2.05) is 44.2 Å². The molecular formula is C19H24BrN3O4. The maximum atomic E-state index is 10.2. The van der Waals surface area contributed by atoms with Crippen molar-refractivity contribution in [2.75, 3.05) is 18.2 Å². The minimum absolute atomic E-state index is 0.110. The van der Waals surface area contributed by atoms with Crippen LogP contribution in [0.2, 0.25) is 0 Å². The Bertz CT molecular complexity index is 770. The van der Waals surface area contributed by atoms with Gasteiger partial charge >= 0.3 is 0 Å². The minimum atomic E-state index is -1.51. The van der Waals surface area contributed by atoms with Crippen LogP contribution in [0.5, 0.6) is 0 Å². The largest absolute Gasteiger partial charge is 0.394 e. The molecule has 27 heavy (non-hydrogen) atoms. The van der Waals surface area contributed by atoms with Gasteiger partial charge in [0, 0.05) is 4.47 Å². The van der Waals surface area contributed by atoms with Crippen LogP contribution in [0.25, 0.3) is 0 Å². The van der Waals surface area contributed by atoms with E-state index in [1.165, 1.54) is 5.01 Å². The fraction of sp³-hybridized carbons (Fsp3) is 0.368. The van der Waals surface area contributed by atoms with Gasteiger partial charge in [0.25, 0.3) is 0 Å². The summed E-state index contributed by atoms with van der Waals surface area (Å²) in [5.41, 5.74) is 3.46. The Morgan fingerprint density at radius 2 is 1.63 bits per heavy atom. The van der Waals surface area contributed by atoms with Crippen molar-refractivity contribution in [3.8, 4) is 0 Å². The van der Waals surface area contributed by atoms with Crippen LogP contribution in [0.4, 0.5) is 11.4 Å². The molecular weight excluding hydrogens is 414 g/mol. The monoisotopic (exact) mass is 437 g/mol. The van der Waals surface area contributed by atoms with Gasteiger partial charge < -0.3 is 20.4 Å². The smallest absolute Gasteiger partial charge is 0.110 e. The van der Waals surface area contributed by atoms with E-state index in [0.717, 1.165) is 15.6 Å². The SMILES string of the molecule is Cc1ccc(N(C[C@@H](O)[C@@H](O)[C@@H](O)CO)N=Nc2ccc(Br)cc2)cc1C. The van der Waals surface area contributed by atoms with Gasteiger partial charge in [-0.3, -0.25) is 0 Å². The normalized spacial score (nSPS) is 14.9. The summed E-state index contributed by atoms with van der Waals surface area (Å²) in [5.74, 6) is 0. The second kappa shape index (κ2) is 9.91. The summed E-state index contributed by atoms with van der Waals surface area (Å²) in [6.45, 7) is 3.19. The topological polar surface area (TPSA) is 109 Å². The van der Waals surface area contributed by atoms with Crippen molar-refractivity contribution in [1.29, 1.82) is 0 Å². The number of aryl methyl sites for hydroxylation is 2. The predicted molar refractivity (Wildman–Crippen MR) is 107 cm³/mol. The number of benzene rings is 2. The van der Waals surface area contributed by atoms with E-state index in [1.54, 1.807) is 12.1 Å². The van der Waals surface area contributed by atoms with E-state index < -0.39 is 24.9 Å². The van der Waals surface area contributed by atoms with Gasteiger partial charge in [-0.15, -0.1) is 5.11 Å². The van der Waals surface area contributed by atoms with Gasteiger partial charge in [0.1, 0.15) is 18.3 Å². The maximum absolute atomic E-state index is 10.2. The van der Waals surface area contributed by atoms with Crippen LogP contribution in [0, 0.1) is 13.8 Å². The summed E-state index contributed by atoms with van der Waals surface area (Å²) in [6.07, 6.45) is -4.28. The van der Waals surface area contributed by atoms with Crippen LogP contribution in [0.1, 0.15) is 11.1 Å². The molecule has 0 aliphatic rings. The molecule has 0 aromatic heterocycles. The average Bonchev–Trinajstić information content (AvgIpc) is 2.67. The second-order valence-corrected chi connectivity index (χ2v) is 7.24. The highest BCUT2D eigenvalue weighted by Crippen LogP contribution is 2.23. The van der Waals surface area contributed by atoms with Crippen LogP contribution in [0.15, 0.2) is 57.3 Å². The number of nitrogens with zero attached hydrogens (tertiary/aromatic N) is 3. The van der Waals surface area contributed by atoms with E-state index in [2.05, 4.69) is 26.3 Å². The molecule has 0 unspecified atom stereocenters. The molecule has 7 nitrogen and oxygen atoms in total. The van der Waals surface area contributed by atoms with Gasteiger partial charge in [0.05, 0.1) is 24.5 Å². The van der Waals surface area contributed by atoms with Crippen molar-refractivity contribution in [2.45, 2.75) is 32.2 Å². The van der Waals surface area contributed by atoms with Crippen LogP contribution in [-0.4, -0.2) is 51.9 Å². The van der Waals surface area contributed by atoms with E-state index in [9.17, 15) is 15.3 Å². The lowest BCUT2D eigenvalue weighted by atomic mass is 10.1. The second-order valence-electron chi connectivity index (χ2n) is 6.32. The summed E-state index contributed by atoms with van der Waals surface area (Å²) >= 11 is 3.36. The van der Waals surface area contributed by atoms with E-state index in [0.29, 0.717) is 11.4 Å². The highest BCUT2D eigenvalue weighted by Gasteiger charge is 2.26. The Balaban J connectivity index is 2.27. The fourth-order valence-electron chi connectivity index (χ4n) is 2.34. The summed E-state index contributed by atoms with van der Waals surface area (Å²) < 4.78 is 0.920. The molecule has 0 amide bonds. The van der Waals surface area contributed by atoms with Gasteiger partial charge in [-0.05, 0) is 61.4 Å². The van der Waals surface area contributed by atoms with Crippen LogP contribution in [-0.2, 0) is 0 Å². The zero-order valence-corrected chi connectivity index (χ0v) is 16.8. The van der Waals surface area contributed by atoms with Gasteiger partial charge in [-0.2, -0.15) is 0 Å². The van der Waals surface area contributed by atoms with Gasteiger partial charge in [0.15, 0.2) is 0 Å². The molecule has 0 saturated carbocycles. The van der Waals surface area contributed by atoms with Crippen LogP contribution in [0.3, 0.4) is 0 Å². The Morgan fingerprint density at radius 3 is 2.22 bits per heavy atom. The molecule has 0 fully saturated rings. The predicted octanol–water partition coefficient (Wildman–Crippen LogP) is 2.65. The first-order chi connectivity index (χ1) is 12.8. The number of rotatable bonds is 8. The number of aliphatic hydroxyl groups is 4. The highest BCUT2D eigenvalue weighted by atomic mass is 79.9. The lowest BCUT2D eigenvalue weighted by Gasteiger charge is -2.26. The Morgan fingerprint density at radius 1 is 0.963 bits per heavy atom. The third-order valence-corrected chi connectivity index (χ3v) is 4.75. The number of hydrogen-bond acceptors (Lipinski definition) is 6. The van der Waals surface area contributed by atoms with Gasteiger partial charge in [0.2, 0.25) is 0 Å². The first kappa shape index (κ1) is 21.5. The standard InChI is InChI=1S/C19H24BrN3O4/c1-12-3-8-16(9-13(12)2)23(10-17(25)19(27)18(26)11-24)22-21-15-6-4-14(20)5-7-15/h3-9,17-19,24-27H,10-11H2,1-2H3/t17-,18+,19-/m1/s1. The molecule has 4 N–H and O–H groups in total. The van der Waals surface area contributed by atoms with Crippen molar-refractivity contribution in [3.05, 3.63) is 58.1 Å². The number of aliphatic hydroxyl groups excluding tert-OH is 4. The molecule has 0 bridgehead atoms. The third kappa shape index (κ3) is 6.08. The zero-order valence-electron chi connectivity index (χ0n) is 15.2. The maximum Gasteiger partial charge on any atom is 0.110 e. The van der Waals surface area contributed by atoms with Crippen molar-refractivity contribution in [2.24, 2.45) is 10.3 Å². The summed E-state index contributed by atoms with van der Waals surface area (Å²) in [7, 11) is 0. The molecule has 2 aromatic carbocycles. The molecule has 0 saturated heterocycles. The van der Waals surface area contributed by atoms with Crippen molar-refractivity contribution in [1.82, 2.24) is 0 Å². The van der Waals surface area contributed by atoms with E-state index in [4.69, 9.17) is 5.11 Å². The molecule has 3 atom stereocenters. The van der Waals surface area contributed by atoms with Crippen molar-refractivity contribution < 1.29 is 20.4 Å². The van der Waals surface area contributed by atoms with Gasteiger partial charge in [-0.25, -0.2) is 5.01 Å². The Hall–Kier alpha value is -1.84. The Labute approximate surface area is 166 Å². The lowest BCUT2D eigenvalue weighted by molar-refractivity contribution is -0.0732. The fourth-order valence-corrected chi connectivity index (χ4v) is 2.61. The van der Waals surface area contributed by atoms with E-state index in [-0.39, 0.29) is 6.54 Å². The van der Waals surface area contributed by atoms with Crippen LogP contribution < -0.4 is 5.01 Å². The summed E-state index contributed by atoms with van der Waals surface area (Å²) in [5, 5.41) is 48.5. The molecule has 2 rings (SSSR count). The molecule has 0 spiro atoms. The van der Waals surface area contributed by atoms with Crippen molar-refractivity contribution in [3.63, 3.8) is 0 Å². The zero-order chi connectivity index (χ0) is 20.0. The average molecular weight is 438 g/mol. The van der Waals surface area contributed by atoms with E-state index >= 15 is 0 Å². The number of anilines is 1. The number of halogens is 1. The highest BCUT2D eigenvalue weighted by molar-refractivity contribution is 9.10. The first-order valence-electron chi connectivity index (χ1n) is 8.49. The molecule has 0 heterocycles. The molecule has 146 valence electrons. The lowest BCUT2D eigenvalue weighted by Crippen LogP contribution is -2.44. The van der Waals surface area contributed by atoms with Crippen molar-refractivity contribution >= 4 is 27.3 Å². The Kier molecular flexibility index (Phi) is 7.88.